The van der Waals surface area contributed by atoms with Gasteiger partial charge in [-0.25, -0.2) is 15.0 Å². The number of rotatable bonds is 2. The van der Waals surface area contributed by atoms with Crippen LogP contribution in [-0.4, -0.2) is 53.7 Å². The first-order valence-corrected chi connectivity index (χ1v) is 7.80. The molecule has 0 bridgehead atoms. The number of hydrogen-bond acceptors (Lipinski definition) is 5. The minimum absolute atomic E-state index is 0.211. The van der Waals surface area contributed by atoms with Gasteiger partial charge in [-0.2, -0.15) is 0 Å². The van der Waals surface area contributed by atoms with Crippen LogP contribution in [0.3, 0.4) is 0 Å². The summed E-state index contributed by atoms with van der Waals surface area (Å²) in [4.78, 5) is 60.7. The first kappa shape index (κ1) is 19.5. The van der Waals surface area contributed by atoms with Gasteiger partial charge in [0.2, 0.25) is 0 Å². The van der Waals surface area contributed by atoms with Gasteiger partial charge in [0, 0.05) is 19.8 Å². The second-order valence-electron chi connectivity index (χ2n) is 5.21. The van der Waals surface area contributed by atoms with E-state index in [1.54, 1.807) is 0 Å². The Kier molecular flexibility index (Phi) is 5.68. The molecule has 26 heavy (non-hydrogen) atoms. The molecule has 12 heteroatoms. The monoisotopic (exact) mass is 401 g/mol. The minimum atomic E-state index is -1.78. The van der Waals surface area contributed by atoms with E-state index in [4.69, 9.17) is 23.2 Å². The standard InChI is InChI=1S/C14H13Cl2N5O5/c1-20-11(23)9(12(24)21(2)14(20)26)10(22)18-19-13(25)17-6-3-4-7(15)8(16)5-6/h3-5,9H,1-2H3,(H,18,22)(H2,17,19,25). The molecule has 1 aromatic carbocycles. The number of hydrazine groups is 1. The van der Waals surface area contributed by atoms with E-state index >= 15 is 0 Å². The summed E-state index contributed by atoms with van der Waals surface area (Å²) in [6.45, 7) is 0. The lowest BCUT2D eigenvalue weighted by Crippen LogP contribution is -2.62. The molecule has 2 rings (SSSR count). The Balaban J connectivity index is 1.97. The number of imide groups is 2. The Morgan fingerprint density at radius 2 is 1.54 bits per heavy atom. The predicted octanol–water partition coefficient (Wildman–Crippen LogP) is 0.813. The number of carbonyl (C=O) groups excluding carboxylic acids is 5. The number of amides is 7. The fourth-order valence-electron chi connectivity index (χ4n) is 2.06. The van der Waals surface area contributed by atoms with Crippen molar-refractivity contribution in [3.63, 3.8) is 0 Å². The average molecular weight is 402 g/mol. The number of hydrogen-bond donors (Lipinski definition) is 3. The highest BCUT2D eigenvalue weighted by Crippen LogP contribution is 2.24. The first-order chi connectivity index (χ1) is 12.1. The van der Waals surface area contributed by atoms with Crippen LogP contribution < -0.4 is 16.2 Å². The van der Waals surface area contributed by atoms with Crippen molar-refractivity contribution in [1.29, 1.82) is 0 Å². The van der Waals surface area contributed by atoms with E-state index in [0.717, 1.165) is 14.1 Å². The highest BCUT2D eigenvalue weighted by molar-refractivity contribution is 6.42. The summed E-state index contributed by atoms with van der Waals surface area (Å²) in [5.41, 5.74) is 4.23. The van der Waals surface area contributed by atoms with Crippen molar-refractivity contribution in [1.82, 2.24) is 20.7 Å². The number of halogens is 2. The Bertz CT molecular complexity index is 791. The molecule has 138 valence electrons. The van der Waals surface area contributed by atoms with Crippen LogP contribution in [0.4, 0.5) is 15.3 Å². The lowest BCUT2D eigenvalue weighted by atomic mass is 10.0. The van der Waals surface area contributed by atoms with Crippen LogP contribution in [0, 0.1) is 5.92 Å². The summed E-state index contributed by atoms with van der Waals surface area (Å²) < 4.78 is 0. The van der Waals surface area contributed by atoms with Crippen LogP contribution in [0.2, 0.25) is 10.0 Å². The second-order valence-corrected chi connectivity index (χ2v) is 6.02. The molecule has 10 nitrogen and oxygen atoms in total. The lowest BCUT2D eigenvalue weighted by molar-refractivity contribution is -0.152. The van der Waals surface area contributed by atoms with Crippen LogP contribution in [0.5, 0.6) is 0 Å². The van der Waals surface area contributed by atoms with Gasteiger partial charge in [0.25, 0.3) is 17.7 Å². The largest absolute Gasteiger partial charge is 0.337 e. The number of barbiturate groups is 1. The van der Waals surface area contributed by atoms with Gasteiger partial charge in [-0.1, -0.05) is 23.2 Å². The molecule has 1 saturated heterocycles. The summed E-state index contributed by atoms with van der Waals surface area (Å²) in [6, 6.07) is 2.61. The Labute approximate surface area is 157 Å². The quantitative estimate of drug-likeness (QED) is 0.498. The SMILES string of the molecule is CN1C(=O)C(C(=O)NNC(=O)Nc2ccc(Cl)c(Cl)c2)C(=O)N(C)C1=O. The van der Waals surface area contributed by atoms with E-state index in [1.165, 1.54) is 18.2 Å². The topological polar surface area (TPSA) is 128 Å². The minimum Gasteiger partial charge on any atom is -0.307 e. The Morgan fingerprint density at radius 1 is 0.962 bits per heavy atom. The molecule has 1 fully saturated rings. The maximum Gasteiger partial charge on any atom is 0.337 e. The van der Waals surface area contributed by atoms with Crippen molar-refractivity contribution < 1.29 is 24.0 Å². The maximum absolute atomic E-state index is 12.1. The van der Waals surface area contributed by atoms with Gasteiger partial charge in [-0.3, -0.25) is 29.6 Å². The van der Waals surface area contributed by atoms with E-state index in [9.17, 15) is 24.0 Å². The van der Waals surface area contributed by atoms with E-state index in [1.807, 2.05) is 10.9 Å². The normalized spacial score (nSPS) is 15.2. The number of carbonyl (C=O) groups is 5. The molecular weight excluding hydrogens is 389 g/mol. The molecule has 1 heterocycles. The predicted molar refractivity (Wildman–Crippen MR) is 91.2 cm³/mol. The molecule has 3 N–H and O–H groups in total. The Morgan fingerprint density at radius 3 is 2.08 bits per heavy atom. The molecule has 0 spiro atoms. The zero-order valence-electron chi connectivity index (χ0n) is 13.5. The fraction of sp³-hybridized carbons (Fsp3) is 0.214. The molecule has 1 aliphatic rings. The molecule has 7 amide bonds. The van der Waals surface area contributed by atoms with Gasteiger partial charge in [-0.15, -0.1) is 0 Å². The summed E-state index contributed by atoms with van der Waals surface area (Å²) in [5, 5.41) is 2.87. The van der Waals surface area contributed by atoms with Crippen LogP contribution in [0.1, 0.15) is 0 Å². The van der Waals surface area contributed by atoms with Crippen LogP contribution in [0.15, 0.2) is 18.2 Å². The number of nitrogens with one attached hydrogen (secondary N) is 3. The van der Waals surface area contributed by atoms with Crippen molar-refractivity contribution in [3.05, 3.63) is 28.2 Å². The molecule has 1 aromatic rings. The fourth-order valence-corrected chi connectivity index (χ4v) is 2.36. The van der Waals surface area contributed by atoms with Crippen molar-refractivity contribution in [2.75, 3.05) is 19.4 Å². The maximum atomic E-state index is 12.1. The van der Waals surface area contributed by atoms with Gasteiger partial charge in [0.15, 0.2) is 5.92 Å². The van der Waals surface area contributed by atoms with E-state index in [2.05, 4.69) is 5.32 Å². The van der Waals surface area contributed by atoms with Crippen molar-refractivity contribution >= 4 is 58.7 Å². The molecular formula is C14H13Cl2N5O5. The number of nitrogens with zero attached hydrogens (tertiary/aromatic N) is 2. The van der Waals surface area contributed by atoms with Gasteiger partial charge < -0.3 is 5.32 Å². The Hall–Kier alpha value is -2.85. The zero-order valence-corrected chi connectivity index (χ0v) is 15.0. The van der Waals surface area contributed by atoms with Gasteiger partial charge in [-0.05, 0) is 18.2 Å². The highest BCUT2D eigenvalue weighted by Gasteiger charge is 2.46. The molecule has 0 aliphatic carbocycles. The molecule has 0 unspecified atom stereocenters. The smallest absolute Gasteiger partial charge is 0.307 e. The second kappa shape index (κ2) is 7.58. The third-order valence-corrected chi connectivity index (χ3v) is 4.21. The van der Waals surface area contributed by atoms with E-state index in [-0.39, 0.29) is 5.02 Å². The molecule has 0 saturated carbocycles. The number of urea groups is 2. The molecule has 0 radical (unpaired) electrons. The van der Waals surface area contributed by atoms with Crippen LogP contribution in [-0.2, 0) is 14.4 Å². The summed E-state index contributed by atoms with van der Waals surface area (Å²) in [5.74, 6) is -4.87. The van der Waals surface area contributed by atoms with Crippen molar-refractivity contribution in [2.24, 2.45) is 5.92 Å². The lowest BCUT2D eigenvalue weighted by Gasteiger charge is -2.31. The third kappa shape index (κ3) is 3.86. The number of benzene rings is 1. The number of anilines is 1. The van der Waals surface area contributed by atoms with Crippen molar-refractivity contribution in [3.8, 4) is 0 Å². The zero-order chi connectivity index (χ0) is 19.6. The molecule has 0 atom stereocenters. The van der Waals surface area contributed by atoms with Gasteiger partial charge >= 0.3 is 12.1 Å². The highest BCUT2D eigenvalue weighted by atomic mass is 35.5. The average Bonchev–Trinajstić information content (AvgIpc) is 2.60. The molecule has 1 aliphatic heterocycles. The van der Waals surface area contributed by atoms with Crippen molar-refractivity contribution in [2.45, 2.75) is 0 Å². The summed E-state index contributed by atoms with van der Waals surface area (Å²) >= 11 is 11.6. The van der Waals surface area contributed by atoms with Gasteiger partial charge in [0.1, 0.15) is 0 Å². The molecule has 0 aromatic heterocycles. The van der Waals surface area contributed by atoms with Crippen LogP contribution >= 0.6 is 23.2 Å². The summed E-state index contributed by atoms with van der Waals surface area (Å²) in [7, 11) is 2.27. The van der Waals surface area contributed by atoms with Gasteiger partial charge in [0.05, 0.1) is 10.0 Å². The summed E-state index contributed by atoms with van der Waals surface area (Å²) in [6.07, 6.45) is 0. The van der Waals surface area contributed by atoms with E-state index in [0.29, 0.717) is 20.5 Å². The van der Waals surface area contributed by atoms with E-state index < -0.39 is 35.7 Å². The first-order valence-electron chi connectivity index (χ1n) is 7.04. The van der Waals surface area contributed by atoms with Crippen LogP contribution in [0.25, 0.3) is 0 Å². The third-order valence-electron chi connectivity index (χ3n) is 3.47.